The fraction of sp³-hybridized carbons (Fsp3) is 0.500. The molecule has 180 valence electrons. The number of benzene rings is 1. The van der Waals surface area contributed by atoms with E-state index >= 15 is 0 Å². The van der Waals surface area contributed by atoms with Crippen molar-refractivity contribution < 1.29 is 24.4 Å². The number of halogens is 1. The Morgan fingerprint density at radius 1 is 1.03 bits per heavy atom. The Morgan fingerprint density at radius 3 is 2.71 bits per heavy atom. The molecule has 3 fully saturated rings. The van der Waals surface area contributed by atoms with Gasteiger partial charge in [-0.1, -0.05) is 23.7 Å². The van der Waals surface area contributed by atoms with Crippen molar-refractivity contribution in [1.29, 1.82) is 0 Å². The molecule has 0 amide bonds. The number of hydrogen-bond donors (Lipinski definition) is 3. The molecule has 1 unspecified atom stereocenters. The van der Waals surface area contributed by atoms with E-state index in [1.165, 1.54) is 0 Å². The van der Waals surface area contributed by atoms with Crippen LogP contribution < -0.4 is 9.64 Å². The van der Waals surface area contributed by atoms with Gasteiger partial charge in [-0.2, -0.15) is 4.98 Å². The van der Waals surface area contributed by atoms with Crippen LogP contribution >= 0.6 is 11.6 Å². The van der Waals surface area contributed by atoms with Gasteiger partial charge in [0.25, 0.3) is 6.01 Å². The van der Waals surface area contributed by atoms with Gasteiger partial charge in [0.15, 0.2) is 11.8 Å². The number of fused-ring (bicyclic) bond motifs is 2. The number of nitrogens with zero attached hydrogens (tertiary/aromatic N) is 3. The van der Waals surface area contributed by atoms with Crippen LogP contribution in [-0.4, -0.2) is 82.0 Å². The van der Waals surface area contributed by atoms with E-state index < -0.39 is 6.10 Å². The minimum Gasteiger partial charge on any atom is -0.456 e. The number of imidazole rings is 1. The van der Waals surface area contributed by atoms with Gasteiger partial charge in [-0.05, 0) is 37.5 Å². The van der Waals surface area contributed by atoms with Crippen molar-refractivity contribution in [1.82, 2.24) is 15.0 Å². The van der Waals surface area contributed by atoms with Crippen LogP contribution in [0.25, 0.3) is 22.4 Å². The van der Waals surface area contributed by atoms with Crippen molar-refractivity contribution in [3.8, 4) is 17.3 Å². The highest BCUT2D eigenvalue weighted by Crippen LogP contribution is 2.33. The Kier molecular flexibility index (Phi) is 5.82. The molecule has 9 nitrogen and oxygen atoms in total. The summed E-state index contributed by atoms with van der Waals surface area (Å²) in [7, 11) is 0. The summed E-state index contributed by atoms with van der Waals surface area (Å²) in [6, 6.07) is 10.3. The third-order valence-electron chi connectivity index (χ3n) is 6.85. The van der Waals surface area contributed by atoms with E-state index in [1.54, 1.807) is 6.07 Å². The largest absolute Gasteiger partial charge is 0.456 e. The first-order valence-electron chi connectivity index (χ1n) is 11.7. The number of ether oxygens (including phenoxy) is 3. The van der Waals surface area contributed by atoms with E-state index in [-0.39, 0.29) is 31.0 Å². The molecule has 0 bridgehead atoms. The highest BCUT2D eigenvalue weighted by Gasteiger charge is 2.48. The number of anilines is 1. The van der Waals surface area contributed by atoms with E-state index in [1.807, 2.05) is 12.1 Å². The van der Waals surface area contributed by atoms with Crippen LogP contribution in [0.1, 0.15) is 19.3 Å². The molecule has 3 saturated heterocycles. The maximum Gasteiger partial charge on any atom is 0.296 e. The number of aromatic amines is 1. The third-order valence-corrected chi connectivity index (χ3v) is 7.14. The maximum absolute atomic E-state index is 9.91. The fourth-order valence-corrected chi connectivity index (χ4v) is 5.27. The smallest absolute Gasteiger partial charge is 0.296 e. The summed E-state index contributed by atoms with van der Waals surface area (Å²) in [6.07, 6.45) is 0.750. The summed E-state index contributed by atoms with van der Waals surface area (Å²) in [5.41, 5.74) is 3.85. The number of rotatable bonds is 4. The van der Waals surface area contributed by atoms with Crippen molar-refractivity contribution in [3.63, 3.8) is 0 Å². The number of aliphatic hydroxyl groups is 2. The molecule has 3 aliphatic rings. The van der Waals surface area contributed by atoms with Crippen LogP contribution in [0.3, 0.4) is 0 Å². The van der Waals surface area contributed by atoms with E-state index in [9.17, 15) is 10.2 Å². The molecule has 0 spiro atoms. The van der Waals surface area contributed by atoms with Crippen molar-refractivity contribution in [2.75, 3.05) is 31.2 Å². The Hall–Kier alpha value is -2.43. The zero-order valence-electron chi connectivity index (χ0n) is 18.6. The first kappa shape index (κ1) is 22.1. The molecule has 6 rings (SSSR count). The highest BCUT2D eigenvalue weighted by atomic mass is 35.5. The summed E-state index contributed by atoms with van der Waals surface area (Å²) >= 11 is 6.58. The first-order chi connectivity index (χ1) is 16.5. The summed E-state index contributed by atoms with van der Waals surface area (Å²) in [5.74, 6) is 0. The van der Waals surface area contributed by atoms with Crippen LogP contribution in [0.4, 0.5) is 5.69 Å². The lowest BCUT2D eigenvalue weighted by atomic mass is 10.1. The lowest BCUT2D eigenvalue weighted by Crippen LogP contribution is -2.34. The molecule has 34 heavy (non-hydrogen) atoms. The lowest BCUT2D eigenvalue weighted by Gasteiger charge is -2.22. The minimum atomic E-state index is -0.630. The molecular weight excluding hydrogens is 460 g/mol. The molecule has 5 atom stereocenters. The summed E-state index contributed by atoms with van der Waals surface area (Å²) in [4.78, 5) is 14.6. The molecule has 10 heteroatoms. The maximum atomic E-state index is 9.91. The van der Waals surface area contributed by atoms with Crippen molar-refractivity contribution in [2.45, 2.75) is 49.8 Å². The predicted octanol–water partition coefficient (Wildman–Crippen LogP) is 2.54. The molecule has 3 aliphatic heterocycles. The average molecular weight is 487 g/mol. The van der Waals surface area contributed by atoms with Gasteiger partial charge in [0.05, 0.1) is 35.6 Å². The Labute approximate surface area is 201 Å². The third kappa shape index (κ3) is 4.12. The normalized spacial score (nSPS) is 29.4. The van der Waals surface area contributed by atoms with E-state index in [0.717, 1.165) is 43.6 Å². The second-order valence-electron chi connectivity index (χ2n) is 9.17. The van der Waals surface area contributed by atoms with Gasteiger partial charge in [-0.25, -0.2) is 4.98 Å². The van der Waals surface area contributed by atoms with Crippen LogP contribution in [0.2, 0.25) is 5.02 Å². The van der Waals surface area contributed by atoms with Gasteiger partial charge in [0.1, 0.15) is 18.3 Å². The van der Waals surface area contributed by atoms with Crippen LogP contribution in [0, 0.1) is 0 Å². The van der Waals surface area contributed by atoms with Gasteiger partial charge < -0.3 is 34.3 Å². The number of hydrogen-bond acceptors (Lipinski definition) is 8. The SMILES string of the molecule is OC1CCCN(c2ccc(-c3nc4nc(O[C@@H]5CO[C@H]6[C@@H]5OC[C@H]6O)[nH]c4cc3Cl)cc2)CC1. The molecule has 3 aromatic rings. The minimum absolute atomic E-state index is 0.207. The van der Waals surface area contributed by atoms with E-state index in [0.29, 0.717) is 34.5 Å². The molecule has 0 aliphatic carbocycles. The zero-order valence-corrected chi connectivity index (χ0v) is 19.3. The van der Waals surface area contributed by atoms with Gasteiger partial charge >= 0.3 is 0 Å². The van der Waals surface area contributed by atoms with Crippen molar-refractivity contribution in [2.24, 2.45) is 0 Å². The molecule has 5 heterocycles. The van der Waals surface area contributed by atoms with Crippen molar-refractivity contribution in [3.05, 3.63) is 35.4 Å². The van der Waals surface area contributed by atoms with E-state index in [2.05, 4.69) is 32.0 Å². The summed E-state index contributed by atoms with van der Waals surface area (Å²) in [5, 5.41) is 20.3. The van der Waals surface area contributed by atoms with Crippen molar-refractivity contribution >= 4 is 28.5 Å². The highest BCUT2D eigenvalue weighted by molar-refractivity contribution is 6.33. The topological polar surface area (TPSA) is 113 Å². The molecule has 3 N–H and O–H groups in total. The van der Waals surface area contributed by atoms with Gasteiger partial charge in [-0.3, -0.25) is 0 Å². The number of aliphatic hydroxyl groups excluding tert-OH is 2. The molecule has 0 saturated carbocycles. The lowest BCUT2D eigenvalue weighted by molar-refractivity contribution is 0.00706. The van der Waals surface area contributed by atoms with Gasteiger partial charge in [-0.15, -0.1) is 0 Å². The monoisotopic (exact) mass is 486 g/mol. The van der Waals surface area contributed by atoms with Gasteiger partial charge in [0.2, 0.25) is 0 Å². The quantitative estimate of drug-likeness (QED) is 0.515. The number of aromatic nitrogens is 3. The zero-order chi connectivity index (χ0) is 23.2. The number of H-pyrrole nitrogens is 1. The predicted molar refractivity (Wildman–Crippen MR) is 126 cm³/mol. The Morgan fingerprint density at radius 2 is 1.85 bits per heavy atom. The Bertz CT molecular complexity index is 1170. The Balaban J connectivity index is 1.21. The number of nitrogens with one attached hydrogen (secondary N) is 1. The average Bonchev–Trinajstić information content (AvgIpc) is 3.47. The van der Waals surface area contributed by atoms with Crippen LogP contribution in [-0.2, 0) is 9.47 Å². The molecule has 0 radical (unpaired) electrons. The second-order valence-corrected chi connectivity index (χ2v) is 9.58. The molecule has 2 aromatic heterocycles. The fourth-order valence-electron chi connectivity index (χ4n) is 5.01. The molecular formula is C24H27ClN4O5. The summed E-state index contributed by atoms with van der Waals surface area (Å²) < 4.78 is 17.2. The number of pyridine rings is 1. The van der Waals surface area contributed by atoms with E-state index in [4.69, 9.17) is 25.8 Å². The van der Waals surface area contributed by atoms with Gasteiger partial charge in [0, 0.05) is 24.3 Å². The molecule has 1 aromatic carbocycles. The standard InChI is InChI=1S/C24H27ClN4O5/c25-16-10-17-23(28-24(26-17)34-19-12-33-21-18(31)11-32-22(19)21)27-20(16)13-3-5-14(6-4-13)29-8-1-2-15(30)7-9-29/h3-6,10,15,18-19,21-22,30-31H,1-2,7-9,11-12H2,(H,26,27,28)/t15?,18-,19-,21-,22-/m1/s1. The van der Waals surface area contributed by atoms with Crippen LogP contribution in [0.5, 0.6) is 6.01 Å². The summed E-state index contributed by atoms with van der Waals surface area (Å²) in [6.45, 7) is 2.35. The van der Waals surface area contributed by atoms with Crippen LogP contribution in [0.15, 0.2) is 30.3 Å². The second kappa shape index (κ2) is 8.98. The first-order valence-corrected chi connectivity index (χ1v) is 12.1.